The first-order chi connectivity index (χ1) is 6.20. The van der Waals surface area contributed by atoms with Crippen LogP contribution in [-0.4, -0.2) is 24.2 Å². The van der Waals surface area contributed by atoms with E-state index in [1.165, 1.54) is 0 Å². The van der Waals surface area contributed by atoms with Crippen LogP contribution < -0.4 is 10.6 Å². The minimum absolute atomic E-state index is 0.268. The highest BCUT2D eigenvalue weighted by Crippen LogP contribution is 1.84. The molecule has 0 saturated heterocycles. The first kappa shape index (κ1) is 12.3. The van der Waals surface area contributed by atoms with Crippen LogP contribution in [0, 0.1) is 0 Å². The number of carbonyl (C=O) groups is 2. The molecule has 0 aromatic rings. The molecule has 0 atom stereocenters. The van der Waals surface area contributed by atoms with Crippen molar-refractivity contribution in [2.75, 3.05) is 12.3 Å². The van der Waals surface area contributed by atoms with E-state index in [0.29, 0.717) is 12.3 Å². The number of carbonyl (C=O) groups excluding carboxylic acids is 2. The molecule has 0 saturated carbocycles. The van der Waals surface area contributed by atoms with Crippen LogP contribution in [-0.2, 0) is 4.79 Å². The zero-order valence-corrected chi connectivity index (χ0v) is 8.69. The maximum absolute atomic E-state index is 10.9. The number of amides is 3. The molecule has 0 aromatic carbocycles. The summed E-state index contributed by atoms with van der Waals surface area (Å²) in [6.45, 7) is 2.64. The molecule has 0 unspecified atom stereocenters. The van der Waals surface area contributed by atoms with Gasteiger partial charge in [0, 0.05) is 13.0 Å². The van der Waals surface area contributed by atoms with Crippen molar-refractivity contribution in [3.05, 3.63) is 0 Å². The lowest BCUT2D eigenvalue weighted by atomic mass is 10.3. The summed E-state index contributed by atoms with van der Waals surface area (Å²) >= 11 is 3.88. The van der Waals surface area contributed by atoms with E-state index < -0.39 is 6.03 Å². The summed E-state index contributed by atoms with van der Waals surface area (Å²) in [5.41, 5.74) is 0. The molecule has 0 aliphatic rings. The molecule has 2 N–H and O–H groups in total. The van der Waals surface area contributed by atoms with Gasteiger partial charge in [0.15, 0.2) is 0 Å². The fraction of sp³-hybridized carbons (Fsp3) is 0.750. The fourth-order valence-electron chi connectivity index (χ4n) is 0.714. The van der Waals surface area contributed by atoms with Crippen molar-refractivity contribution in [1.29, 1.82) is 0 Å². The summed E-state index contributed by atoms with van der Waals surface area (Å²) in [6.07, 6.45) is 2.21. The number of urea groups is 1. The number of thiol groups is 1. The molecule has 0 bridgehead atoms. The van der Waals surface area contributed by atoms with Gasteiger partial charge >= 0.3 is 6.03 Å². The molecule has 76 valence electrons. The monoisotopic (exact) mass is 204 g/mol. The standard InChI is InChI=1S/C8H16N2O2S/c1-2-3-5-9-8(12)10-7(11)4-6-13/h13H,2-6H2,1H3,(H2,9,10,11,12). The minimum atomic E-state index is -0.416. The maximum Gasteiger partial charge on any atom is 0.321 e. The second-order valence-electron chi connectivity index (χ2n) is 2.63. The van der Waals surface area contributed by atoms with Gasteiger partial charge in [0.25, 0.3) is 0 Å². The number of hydrogen-bond donors (Lipinski definition) is 3. The second-order valence-corrected chi connectivity index (χ2v) is 3.08. The number of nitrogens with one attached hydrogen (secondary N) is 2. The Kier molecular flexibility index (Phi) is 7.48. The zero-order valence-electron chi connectivity index (χ0n) is 7.80. The van der Waals surface area contributed by atoms with Crippen LogP contribution in [0.25, 0.3) is 0 Å². The van der Waals surface area contributed by atoms with Crippen molar-refractivity contribution in [1.82, 2.24) is 10.6 Å². The summed E-state index contributed by atoms with van der Waals surface area (Å²) in [5.74, 6) is 0.164. The van der Waals surface area contributed by atoms with Gasteiger partial charge in [-0.15, -0.1) is 0 Å². The van der Waals surface area contributed by atoms with E-state index in [1.54, 1.807) is 0 Å². The van der Waals surface area contributed by atoms with Gasteiger partial charge in [-0.25, -0.2) is 4.79 Å². The van der Waals surface area contributed by atoms with Gasteiger partial charge in [-0.2, -0.15) is 12.6 Å². The highest BCUT2D eigenvalue weighted by molar-refractivity contribution is 7.80. The van der Waals surface area contributed by atoms with Gasteiger partial charge in [-0.05, 0) is 12.2 Å². The minimum Gasteiger partial charge on any atom is -0.338 e. The molecular formula is C8H16N2O2S. The van der Waals surface area contributed by atoms with Crippen LogP contribution >= 0.6 is 12.6 Å². The van der Waals surface area contributed by atoms with E-state index in [-0.39, 0.29) is 12.3 Å². The number of rotatable bonds is 5. The molecule has 5 heteroatoms. The number of hydrogen-bond acceptors (Lipinski definition) is 3. The van der Waals surface area contributed by atoms with Gasteiger partial charge in [-0.3, -0.25) is 10.1 Å². The maximum atomic E-state index is 10.9. The number of imide groups is 1. The Morgan fingerprint density at radius 3 is 2.62 bits per heavy atom. The van der Waals surface area contributed by atoms with Crippen LogP contribution in [0.5, 0.6) is 0 Å². The Morgan fingerprint density at radius 2 is 2.08 bits per heavy atom. The second kappa shape index (κ2) is 7.91. The predicted octanol–water partition coefficient (Wildman–Crippen LogP) is 0.932. The Morgan fingerprint density at radius 1 is 1.38 bits per heavy atom. The largest absolute Gasteiger partial charge is 0.338 e. The van der Waals surface area contributed by atoms with Crippen LogP contribution in [0.1, 0.15) is 26.2 Å². The van der Waals surface area contributed by atoms with Crippen molar-refractivity contribution in [3.63, 3.8) is 0 Å². The molecule has 13 heavy (non-hydrogen) atoms. The topological polar surface area (TPSA) is 58.2 Å². The third-order valence-electron chi connectivity index (χ3n) is 1.41. The van der Waals surface area contributed by atoms with E-state index in [4.69, 9.17) is 0 Å². The summed E-state index contributed by atoms with van der Waals surface area (Å²) in [4.78, 5) is 21.8. The fourth-order valence-corrected chi connectivity index (χ4v) is 0.917. The Bertz CT molecular complexity index is 174. The molecule has 0 spiro atoms. The highest BCUT2D eigenvalue weighted by Gasteiger charge is 2.04. The SMILES string of the molecule is CCCCNC(=O)NC(=O)CCS. The van der Waals surface area contributed by atoms with E-state index in [1.807, 2.05) is 6.92 Å². The molecule has 0 aromatic heterocycles. The van der Waals surface area contributed by atoms with Crippen LogP contribution in [0.2, 0.25) is 0 Å². The number of unbranched alkanes of at least 4 members (excludes halogenated alkanes) is 1. The lowest BCUT2D eigenvalue weighted by Crippen LogP contribution is -2.39. The van der Waals surface area contributed by atoms with E-state index in [2.05, 4.69) is 23.3 Å². The molecule has 0 aliphatic carbocycles. The van der Waals surface area contributed by atoms with Crippen LogP contribution in [0.15, 0.2) is 0 Å². The first-order valence-electron chi connectivity index (χ1n) is 4.39. The van der Waals surface area contributed by atoms with Gasteiger partial charge < -0.3 is 5.32 Å². The molecule has 4 nitrogen and oxygen atoms in total. The summed E-state index contributed by atoms with van der Waals surface area (Å²) in [7, 11) is 0. The van der Waals surface area contributed by atoms with Crippen molar-refractivity contribution in [2.24, 2.45) is 0 Å². The quantitative estimate of drug-likeness (QED) is 0.461. The van der Waals surface area contributed by atoms with E-state index in [0.717, 1.165) is 12.8 Å². The summed E-state index contributed by atoms with van der Waals surface area (Å²) in [5, 5.41) is 4.78. The van der Waals surface area contributed by atoms with Crippen molar-refractivity contribution in [3.8, 4) is 0 Å². The lowest BCUT2D eigenvalue weighted by molar-refractivity contribution is -0.119. The van der Waals surface area contributed by atoms with Gasteiger partial charge in [-0.1, -0.05) is 13.3 Å². The molecule has 0 aliphatic heterocycles. The third kappa shape index (κ3) is 7.64. The van der Waals surface area contributed by atoms with E-state index in [9.17, 15) is 9.59 Å². The van der Waals surface area contributed by atoms with Gasteiger partial charge in [0.2, 0.25) is 5.91 Å². The highest BCUT2D eigenvalue weighted by atomic mass is 32.1. The van der Waals surface area contributed by atoms with Gasteiger partial charge in [0.1, 0.15) is 0 Å². The smallest absolute Gasteiger partial charge is 0.321 e. The van der Waals surface area contributed by atoms with Gasteiger partial charge in [0.05, 0.1) is 0 Å². The zero-order chi connectivity index (χ0) is 10.1. The molecule has 0 heterocycles. The first-order valence-corrected chi connectivity index (χ1v) is 5.02. The molecular weight excluding hydrogens is 188 g/mol. The normalized spacial score (nSPS) is 9.38. The van der Waals surface area contributed by atoms with E-state index >= 15 is 0 Å². The molecule has 0 rings (SSSR count). The van der Waals surface area contributed by atoms with Crippen LogP contribution in [0.4, 0.5) is 4.79 Å². The van der Waals surface area contributed by atoms with Crippen molar-refractivity contribution >= 4 is 24.6 Å². The van der Waals surface area contributed by atoms with Crippen LogP contribution in [0.3, 0.4) is 0 Å². The summed E-state index contributed by atoms with van der Waals surface area (Å²) in [6, 6.07) is -0.416. The molecule has 3 amide bonds. The molecule has 0 fully saturated rings. The average molecular weight is 204 g/mol. The predicted molar refractivity (Wildman–Crippen MR) is 54.9 cm³/mol. The van der Waals surface area contributed by atoms with Crippen molar-refractivity contribution in [2.45, 2.75) is 26.2 Å². The summed E-state index contributed by atoms with van der Waals surface area (Å²) < 4.78 is 0. The average Bonchev–Trinajstić information content (AvgIpc) is 2.05. The Labute approximate surface area is 83.9 Å². The lowest BCUT2D eigenvalue weighted by Gasteiger charge is -2.04. The van der Waals surface area contributed by atoms with Crippen molar-refractivity contribution < 1.29 is 9.59 Å². The Hall–Kier alpha value is -0.710. The Balaban J connectivity index is 3.44. The third-order valence-corrected chi connectivity index (χ3v) is 1.63. The molecule has 0 radical (unpaired) electrons.